The van der Waals surface area contributed by atoms with Gasteiger partial charge in [0.15, 0.2) is 0 Å². The van der Waals surface area contributed by atoms with E-state index in [1.54, 1.807) is 0 Å². The Balaban J connectivity index is 0.000000219. The first-order chi connectivity index (χ1) is 9.93. The van der Waals surface area contributed by atoms with Crippen molar-refractivity contribution in [2.24, 2.45) is 0 Å². The number of hydroxylamine groups is 1. The molecular formula is C14H14F2N2O3. The maximum atomic E-state index is 12.4. The van der Waals surface area contributed by atoms with Crippen molar-refractivity contribution in [2.75, 3.05) is 10.5 Å². The fourth-order valence-electron chi connectivity index (χ4n) is 1.29. The Morgan fingerprint density at radius 3 is 1.81 bits per heavy atom. The van der Waals surface area contributed by atoms with Crippen molar-refractivity contribution in [1.29, 1.82) is 0 Å². The van der Waals surface area contributed by atoms with E-state index in [1.807, 2.05) is 5.48 Å². The number of nitrogens with one attached hydrogen (secondary N) is 1. The van der Waals surface area contributed by atoms with Crippen molar-refractivity contribution in [3.05, 3.63) is 60.2 Å². The third-order valence-electron chi connectivity index (χ3n) is 2.34. The van der Waals surface area contributed by atoms with Crippen molar-refractivity contribution in [3.8, 4) is 0 Å². The standard InChI is InChI=1S/C8H8FNO2.C6H6FNO/c1-6(11)10(12)8-4-2-7(9)3-5-8;7-5-1-3-6(8-9)4-2-5/h2-5,12H,1H3;1-4,8-9H. The summed E-state index contributed by atoms with van der Waals surface area (Å²) in [7, 11) is 0. The van der Waals surface area contributed by atoms with Gasteiger partial charge in [-0.15, -0.1) is 0 Å². The van der Waals surface area contributed by atoms with Crippen LogP contribution in [0.4, 0.5) is 20.2 Å². The van der Waals surface area contributed by atoms with E-state index in [4.69, 9.17) is 10.4 Å². The van der Waals surface area contributed by atoms with Crippen LogP contribution in [0.1, 0.15) is 6.92 Å². The number of hydrogen-bond donors (Lipinski definition) is 3. The van der Waals surface area contributed by atoms with Crippen LogP contribution >= 0.6 is 0 Å². The van der Waals surface area contributed by atoms with Gasteiger partial charge < -0.3 is 0 Å². The minimum atomic E-state index is -0.512. The average Bonchev–Trinajstić information content (AvgIpc) is 2.49. The van der Waals surface area contributed by atoms with Crippen LogP contribution in [0.3, 0.4) is 0 Å². The highest BCUT2D eigenvalue weighted by Crippen LogP contribution is 2.12. The third kappa shape index (κ3) is 5.55. The van der Waals surface area contributed by atoms with Crippen molar-refractivity contribution in [1.82, 2.24) is 0 Å². The summed E-state index contributed by atoms with van der Waals surface area (Å²) in [4.78, 5) is 10.6. The first kappa shape index (κ1) is 16.5. The molecule has 7 heteroatoms. The second-order valence-corrected chi connectivity index (χ2v) is 3.93. The van der Waals surface area contributed by atoms with Gasteiger partial charge in [-0.1, -0.05) is 0 Å². The molecule has 5 nitrogen and oxygen atoms in total. The van der Waals surface area contributed by atoms with Gasteiger partial charge in [0.2, 0.25) is 5.91 Å². The van der Waals surface area contributed by atoms with Crippen LogP contribution in [0.15, 0.2) is 48.5 Å². The van der Waals surface area contributed by atoms with E-state index in [-0.39, 0.29) is 11.5 Å². The summed E-state index contributed by atoms with van der Waals surface area (Å²) < 4.78 is 24.5. The maximum absolute atomic E-state index is 12.4. The average molecular weight is 296 g/mol. The molecule has 2 aromatic rings. The maximum Gasteiger partial charge on any atom is 0.247 e. The van der Waals surface area contributed by atoms with Crippen LogP contribution in [0.5, 0.6) is 0 Å². The number of carbonyl (C=O) groups excluding carboxylic acids is 1. The molecule has 0 heterocycles. The molecule has 1 amide bonds. The molecule has 0 saturated carbocycles. The molecule has 21 heavy (non-hydrogen) atoms. The zero-order valence-electron chi connectivity index (χ0n) is 11.1. The fourth-order valence-corrected chi connectivity index (χ4v) is 1.29. The van der Waals surface area contributed by atoms with E-state index in [0.29, 0.717) is 10.8 Å². The molecule has 0 aliphatic rings. The molecule has 0 spiro atoms. The normalized spacial score (nSPS) is 9.38. The van der Waals surface area contributed by atoms with Crippen molar-refractivity contribution in [2.45, 2.75) is 6.92 Å². The highest BCUT2D eigenvalue weighted by molar-refractivity contribution is 5.88. The summed E-state index contributed by atoms with van der Waals surface area (Å²) in [5, 5.41) is 17.8. The molecule has 3 N–H and O–H groups in total. The second-order valence-electron chi connectivity index (χ2n) is 3.93. The number of rotatable bonds is 2. The molecule has 0 bridgehead atoms. The molecule has 0 atom stereocenters. The molecular weight excluding hydrogens is 282 g/mol. The van der Waals surface area contributed by atoms with Gasteiger partial charge in [0.1, 0.15) is 11.6 Å². The monoisotopic (exact) mass is 296 g/mol. The minimum absolute atomic E-state index is 0.254. The second kappa shape index (κ2) is 7.93. The molecule has 0 fully saturated rings. The Labute approximate surface area is 120 Å². The van der Waals surface area contributed by atoms with Gasteiger partial charge in [-0.3, -0.25) is 20.7 Å². The highest BCUT2D eigenvalue weighted by Gasteiger charge is 2.06. The lowest BCUT2D eigenvalue weighted by molar-refractivity contribution is -0.121. The van der Waals surface area contributed by atoms with Crippen molar-refractivity contribution in [3.63, 3.8) is 0 Å². The Bertz CT molecular complexity index is 574. The summed E-state index contributed by atoms with van der Waals surface area (Å²) in [5.74, 6) is -1.23. The zero-order chi connectivity index (χ0) is 15.8. The molecule has 0 saturated heterocycles. The summed E-state index contributed by atoms with van der Waals surface area (Å²) in [6.07, 6.45) is 0. The number of benzene rings is 2. The van der Waals surface area contributed by atoms with Crippen molar-refractivity contribution >= 4 is 17.3 Å². The first-order valence-corrected chi connectivity index (χ1v) is 5.85. The first-order valence-electron chi connectivity index (χ1n) is 5.85. The quantitative estimate of drug-likeness (QED) is 0.588. The lowest BCUT2D eigenvalue weighted by Crippen LogP contribution is -2.23. The lowest BCUT2D eigenvalue weighted by Gasteiger charge is -2.11. The van der Waals surface area contributed by atoms with Gasteiger partial charge in [-0.05, 0) is 48.5 Å². The van der Waals surface area contributed by atoms with Crippen LogP contribution in [-0.4, -0.2) is 16.3 Å². The number of halogens is 2. The Morgan fingerprint density at radius 1 is 1.00 bits per heavy atom. The molecule has 2 rings (SSSR count). The van der Waals surface area contributed by atoms with E-state index in [1.165, 1.54) is 55.5 Å². The Kier molecular flexibility index (Phi) is 6.25. The lowest BCUT2D eigenvalue weighted by atomic mass is 10.3. The zero-order valence-corrected chi connectivity index (χ0v) is 11.1. The van der Waals surface area contributed by atoms with Crippen LogP contribution < -0.4 is 10.5 Å². The van der Waals surface area contributed by atoms with E-state index in [2.05, 4.69) is 0 Å². The predicted octanol–water partition coefficient (Wildman–Crippen LogP) is 3.19. The predicted molar refractivity (Wildman–Crippen MR) is 73.2 cm³/mol. The van der Waals surface area contributed by atoms with Crippen LogP contribution in [0.2, 0.25) is 0 Å². The summed E-state index contributed by atoms with van der Waals surface area (Å²) in [6.45, 7) is 1.21. The third-order valence-corrected chi connectivity index (χ3v) is 2.34. The van der Waals surface area contributed by atoms with Crippen LogP contribution in [0.25, 0.3) is 0 Å². The Hall–Kier alpha value is -2.51. The van der Waals surface area contributed by atoms with Crippen molar-refractivity contribution < 1.29 is 24.0 Å². The SMILES string of the molecule is CC(=O)N(O)c1ccc(F)cc1.ONc1ccc(F)cc1. The van der Waals surface area contributed by atoms with E-state index < -0.39 is 11.7 Å². The molecule has 0 aliphatic carbocycles. The van der Waals surface area contributed by atoms with E-state index in [9.17, 15) is 13.6 Å². The van der Waals surface area contributed by atoms with Crippen LogP contribution in [-0.2, 0) is 4.79 Å². The molecule has 0 radical (unpaired) electrons. The minimum Gasteiger partial charge on any atom is -0.291 e. The topological polar surface area (TPSA) is 72.8 Å². The van der Waals surface area contributed by atoms with Gasteiger partial charge >= 0.3 is 0 Å². The van der Waals surface area contributed by atoms with Gasteiger partial charge in [0.05, 0.1) is 11.4 Å². The molecule has 0 unspecified atom stereocenters. The van der Waals surface area contributed by atoms with Gasteiger partial charge in [-0.2, -0.15) is 5.06 Å². The molecule has 0 aromatic heterocycles. The van der Waals surface area contributed by atoms with Gasteiger partial charge in [0, 0.05) is 6.92 Å². The van der Waals surface area contributed by atoms with Gasteiger partial charge in [0.25, 0.3) is 0 Å². The summed E-state index contributed by atoms with van der Waals surface area (Å²) >= 11 is 0. The summed E-state index contributed by atoms with van der Waals surface area (Å²) in [6, 6.07) is 10.4. The van der Waals surface area contributed by atoms with E-state index in [0.717, 1.165) is 0 Å². The number of nitrogens with zero attached hydrogens (tertiary/aromatic N) is 1. The van der Waals surface area contributed by atoms with Gasteiger partial charge in [-0.25, -0.2) is 8.78 Å². The number of amides is 1. The number of hydrogen-bond acceptors (Lipinski definition) is 4. The summed E-state index contributed by atoms with van der Waals surface area (Å²) in [5.41, 5.74) is 2.62. The fraction of sp³-hybridized carbons (Fsp3) is 0.0714. The molecule has 2 aromatic carbocycles. The van der Waals surface area contributed by atoms with Crippen LogP contribution in [0, 0.1) is 11.6 Å². The molecule has 112 valence electrons. The largest absolute Gasteiger partial charge is 0.291 e. The number of anilines is 2. The Morgan fingerprint density at radius 2 is 1.43 bits per heavy atom. The smallest absolute Gasteiger partial charge is 0.247 e. The molecule has 0 aliphatic heterocycles. The van der Waals surface area contributed by atoms with E-state index >= 15 is 0 Å². The highest BCUT2D eigenvalue weighted by atomic mass is 19.1. The number of carbonyl (C=O) groups is 1.